The smallest absolute Gasteiger partial charge is 0.267 e. The molecule has 4 heteroatoms. The zero-order valence-electron chi connectivity index (χ0n) is 17.4. The van der Waals surface area contributed by atoms with Crippen molar-refractivity contribution in [1.82, 2.24) is 4.98 Å². The topological polar surface area (TPSA) is 65.2 Å². The van der Waals surface area contributed by atoms with Gasteiger partial charge < -0.3 is 10.5 Å². The van der Waals surface area contributed by atoms with E-state index in [2.05, 4.69) is 37.9 Å². The zero-order valence-corrected chi connectivity index (χ0v) is 17.4. The SMILES string of the molecule is CC(C)(C)c1ccc(Oc2ccc3cc(C(N)=O)nc(C4CCCC4)c3c2)cc1. The van der Waals surface area contributed by atoms with Crippen LogP contribution in [0.2, 0.25) is 0 Å². The van der Waals surface area contributed by atoms with Crippen molar-refractivity contribution in [2.75, 3.05) is 0 Å². The van der Waals surface area contributed by atoms with Gasteiger partial charge >= 0.3 is 0 Å². The van der Waals surface area contributed by atoms with Crippen LogP contribution < -0.4 is 10.5 Å². The zero-order chi connectivity index (χ0) is 20.6. The number of ether oxygens (including phenoxy) is 1. The quantitative estimate of drug-likeness (QED) is 0.589. The molecule has 0 radical (unpaired) electrons. The molecule has 0 spiro atoms. The predicted octanol–water partition coefficient (Wildman–Crippen LogP) is 6.08. The number of pyridine rings is 1. The number of rotatable bonds is 4. The van der Waals surface area contributed by atoms with Gasteiger partial charge in [0.05, 0.1) is 5.69 Å². The summed E-state index contributed by atoms with van der Waals surface area (Å²) in [6.45, 7) is 6.60. The van der Waals surface area contributed by atoms with E-state index in [0.717, 1.165) is 40.8 Å². The lowest BCUT2D eigenvalue weighted by molar-refractivity contribution is 0.0995. The summed E-state index contributed by atoms with van der Waals surface area (Å²) in [6.07, 6.45) is 4.60. The molecule has 0 atom stereocenters. The van der Waals surface area contributed by atoms with Gasteiger partial charge in [-0.15, -0.1) is 0 Å². The van der Waals surface area contributed by atoms with Gasteiger partial charge in [-0.1, -0.05) is 51.8 Å². The van der Waals surface area contributed by atoms with Crippen molar-refractivity contribution < 1.29 is 9.53 Å². The fraction of sp³-hybridized carbons (Fsp3) is 0.360. The molecule has 2 N–H and O–H groups in total. The molecule has 1 aliphatic rings. The number of aromatic nitrogens is 1. The van der Waals surface area contributed by atoms with Crippen LogP contribution in [0, 0.1) is 0 Å². The Bertz CT molecular complexity index is 1040. The van der Waals surface area contributed by atoms with Crippen molar-refractivity contribution in [2.45, 2.75) is 57.8 Å². The molecule has 3 aromatic rings. The summed E-state index contributed by atoms with van der Waals surface area (Å²) in [5, 5.41) is 2.02. The molecule has 1 saturated carbocycles. The number of amides is 1. The highest BCUT2D eigenvalue weighted by molar-refractivity contribution is 5.96. The van der Waals surface area contributed by atoms with Gasteiger partial charge in [-0.2, -0.15) is 0 Å². The van der Waals surface area contributed by atoms with Crippen molar-refractivity contribution in [3.63, 3.8) is 0 Å². The summed E-state index contributed by atoms with van der Waals surface area (Å²) in [5.41, 5.74) is 8.22. The molecular formula is C25H28N2O2. The molecular weight excluding hydrogens is 360 g/mol. The Morgan fingerprint density at radius 2 is 1.66 bits per heavy atom. The summed E-state index contributed by atoms with van der Waals surface area (Å²) in [7, 11) is 0. The first-order chi connectivity index (χ1) is 13.8. The Balaban J connectivity index is 1.70. The monoisotopic (exact) mass is 388 g/mol. The second kappa shape index (κ2) is 7.51. The average molecular weight is 389 g/mol. The van der Waals surface area contributed by atoms with Crippen LogP contribution >= 0.6 is 0 Å². The first-order valence-electron chi connectivity index (χ1n) is 10.3. The molecule has 0 saturated heterocycles. The lowest BCUT2D eigenvalue weighted by atomic mass is 9.87. The number of carbonyl (C=O) groups excluding carboxylic acids is 1. The third kappa shape index (κ3) is 4.12. The number of nitrogens with two attached hydrogens (primary N) is 1. The van der Waals surface area contributed by atoms with Gasteiger partial charge in [-0.25, -0.2) is 4.98 Å². The molecule has 1 amide bonds. The van der Waals surface area contributed by atoms with E-state index in [0.29, 0.717) is 11.6 Å². The number of hydrogen-bond acceptors (Lipinski definition) is 3. The third-order valence-electron chi connectivity index (χ3n) is 5.78. The summed E-state index contributed by atoms with van der Waals surface area (Å²) in [6, 6.07) is 16.0. The van der Waals surface area contributed by atoms with E-state index in [4.69, 9.17) is 10.5 Å². The van der Waals surface area contributed by atoms with E-state index >= 15 is 0 Å². The highest BCUT2D eigenvalue weighted by Crippen LogP contribution is 2.38. The molecule has 0 bridgehead atoms. The normalized spacial score (nSPS) is 15.0. The first-order valence-corrected chi connectivity index (χ1v) is 10.3. The molecule has 0 aliphatic heterocycles. The number of primary amides is 1. The molecule has 1 aromatic heterocycles. The molecule has 4 nitrogen and oxygen atoms in total. The Kier molecular flexibility index (Phi) is 5.03. The van der Waals surface area contributed by atoms with Crippen LogP contribution in [0.4, 0.5) is 0 Å². The van der Waals surface area contributed by atoms with Crippen LogP contribution in [0.15, 0.2) is 48.5 Å². The van der Waals surface area contributed by atoms with Crippen molar-refractivity contribution >= 4 is 16.7 Å². The minimum Gasteiger partial charge on any atom is -0.457 e. The van der Waals surface area contributed by atoms with Crippen molar-refractivity contribution in [3.8, 4) is 11.5 Å². The standard InChI is InChI=1S/C25H28N2O2/c1-25(2,3)18-9-12-19(13-10-18)29-20-11-8-17-14-22(24(26)28)27-23(21(17)15-20)16-6-4-5-7-16/h8-16H,4-7H2,1-3H3,(H2,26,28). The van der Waals surface area contributed by atoms with Crippen molar-refractivity contribution in [1.29, 1.82) is 0 Å². The minimum absolute atomic E-state index is 0.113. The summed E-state index contributed by atoms with van der Waals surface area (Å²) in [4.78, 5) is 16.4. The first kappa shape index (κ1) is 19.4. The number of benzene rings is 2. The molecule has 1 fully saturated rings. The van der Waals surface area contributed by atoms with Gasteiger partial charge in [-0.3, -0.25) is 4.79 Å². The fourth-order valence-electron chi connectivity index (χ4n) is 4.11. The van der Waals surface area contributed by atoms with Crippen molar-refractivity contribution in [2.24, 2.45) is 5.73 Å². The second-order valence-electron chi connectivity index (χ2n) is 9.00. The van der Waals surface area contributed by atoms with Crippen molar-refractivity contribution in [3.05, 3.63) is 65.5 Å². The Labute approximate surface area is 172 Å². The maximum atomic E-state index is 11.8. The molecule has 2 aromatic carbocycles. The summed E-state index contributed by atoms with van der Waals surface area (Å²) < 4.78 is 6.13. The highest BCUT2D eigenvalue weighted by Gasteiger charge is 2.22. The van der Waals surface area contributed by atoms with Gasteiger partial charge in [0.15, 0.2) is 0 Å². The Morgan fingerprint density at radius 1 is 1.00 bits per heavy atom. The Morgan fingerprint density at radius 3 is 2.28 bits per heavy atom. The van der Waals surface area contributed by atoms with Gasteiger partial charge in [-0.05, 0) is 59.5 Å². The van der Waals surface area contributed by atoms with Crippen LogP contribution in [0.3, 0.4) is 0 Å². The molecule has 1 heterocycles. The van der Waals surface area contributed by atoms with Gasteiger partial charge in [0.1, 0.15) is 17.2 Å². The lowest BCUT2D eigenvalue weighted by Gasteiger charge is -2.19. The van der Waals surface area contributed by atoms with E-state index in [1.165, 1.54) is 18.4 Å². The maximum absolute atomic E-state index is 11.8. The predicted molar refractivity (Wildman–Crippen MR) is 117 cm³/mol. The second-order valence-corrected chi connectivity index (χ2v) is 9.00. The number of fused-ring (bicyclic) bond motifs is 1. The van der Waals surface area contributed by atoms with Crippen LogP contribution in [0.25, 0.3) is 10.8 Å². The van der Waals surface area contributed by atoms with Crippen LogP contribution in [-0.4, -0.2) is 10.9 Å². The number of nitrogens with zero attached hydrogens (tertiary/aromatic N) is 1. The fourth-order valence-corrected chi connectivity index (χ4v) is 4.11. The van der Waals surface area contributed by atoms with E-state index in [-0.39, 0.29) is 5.41 Å². The number of hydrogen-bond donors (Lipinski definition) is 1. The summed E-state index contributed by atoms with van der Waals surface area (Å²) >= 11 is 0. The molecule has 1 aliphatic carbocycles. The average Bonchev–Trinajstić information content (AvgIpc) is 3.21. The Hall–Kier alpha value is -2.88. The number of carbonyl (C=O) groups is 1. The lowest BCUT2D eigenvalue weighted by Crippen LogP contribution is -2.15. The summed E-state index contributed by atoms with van der Waals surface area (Å²) in [5.74, 6) is 1.47. The van der Waals surface area contributed by atoms with E-state index in [1.807, 2.05) is 30.3 Å². The van der Waals surface area contributed by atoms with E-state index in [1.54, 1.807) is 6.07 Å². The van der Waals surface area contributed by atoms with Crippen LogP contribution in [-0.2, 0) is 5.41 Å². The van der Waals surface area contributed by atoms with Gasteiger partial charge in [0, 0.05) is 11.3 Å². The molecule has 29 heavy (non-hydrogen) atoms. The maximum Gasteiger partial charge on any atom is 0.267 e. The third-order valence-corrected chi connectivity index (χ3v) is 5.78. The van der Waals surface area contributed by atoms with Crippen LogP contribution in [0.5, 0.6) is 11.5 Å². The highest BCUT2D eigenvalue weighted by atomic mass is 16.5. The van der Waals surface area contributed by atoms with Gasteiger partial charge in [0.25, 0.3) is 5.91 Å². The van der Waals surface area contributed by atoms with E-state index in [9.17, 15) is 4.79 Å². The van der Waals surface area contributed by atoms with Gasteiger partial charge in [0.2, 0.25) is 0 Å². The minimum atomic E-state index is -0.481. The van der Waals surface area contributed by atoms with E-state index < -0.39 is 5.91 Å². The largest absolute Gasteiger partial charge is 0.457 e. The molecule has 4 rings (SSSR count). The van der Waals surface area contributed by atoms with Crippen LogP contribution in [0.1, 0.15) is 74.1 Å². The molecule has 150 valence electrons. The molecule has 0 unspecified atom stereocenters.